The lowest BCUT2D eigenvalue weighted by Crippen LogP contribution is -2.42. The highest BCUT2D eigenvalue weighted by Gasteiger charge is 2.36. The smallest absolute Gasteiger partial charge is 0.359 e. The summed E-state index contributed by atoms with van der Waals surface area (Å²) in [5.74, 6) is -0.463. The summed E-state index contributed by atoms with van der Waals surface area (Å²) in [6.45, 7) is 0.148. The number of benzene rings is 1. The molecular weight excluding hydrogens is 369 g/mol. The minimum atomic E-state index is -4.74. The number of nitrogens with one attached hydrogen (secondary N) is 1. The molecule has 1 amide bonds. The normalized spacial score (nSPS) is 17.7. The number of halogens is 4. The standard InChI is InChI=1S/C14H16ClF3N2O3S/c1-19-13(21)9-4-6-20(7-5-9)24(22,23)10-2-3-12(15)11(8-10)14(16,17)18/h2-3,8-9H,4-7H2,1H3,(H,19,21). The van der Waals surface area contributed by atoms with Crippen LogP contribution < -0.4 is 5.32 Å². The van der Waals surface area contributed by atoms with Gasteiger partial charge in [-0.05, 0) is 31.0 Å². The summed E-state index contributed by atoms with van der Waals surface area (Å²) >= 11 is 5.51. The molecule has 1 aliphatic rings. The van der Waals surface area contributed by atoms with Crippen molar-refractivity contribution in [1.82, 2.24) is 9.62 Å². The van der Waals surface area contributed by atoms with Gasteiger partial charge in [-0.15, -0.1) is 0 Å². The molecule has 0 atom stereocenters. The van der Waals surface area contributed by atoms with Gasteiger partial charge in [-0.3, -0.25) is 4.79 Å². The van der Waals surface area contributed by atoms with Crippen molar-refractivity contribution >= 4 is 27.5 Å². The second-order valence-corrected chi connectivity index (χ2v) is 7.78. The molecule has 1 fully saturated rings. The zero-order valence-corrected chi connectivity index (χ0v) is 14.3. The van der Waals surface area contributed by atoms with Crippen LogP contribution in [0.15, 0.2) is 23.1 Å². The van der Waals surface area contributed by atoms with E-state index in [9.17, 15) is 26.4 Å². The van der Waals surface area contributed by atoms with E-state index in [1.54, 1.807) is 0 Å². The van der Waals surface area contributed by atoms with E-state index < -0.39 is 31.7 Å². The van der Waals surface area contributed by atoms with Gasteiger partial charge in [-0.1, -0.05) is 11.6 Å². The fraction of sp³-hybridized carbons (Fsp3) is 0.500. The molecule has 10 heteroatoms. The van der Waals surface area contributed by atoms with Crippen molar-refractivity contribution in [3.05, 3.63) is 28.8 Å². The third-order valence-electron chi connectivity index (χ3n) is 3.95. The summed E-state index contributed by atoms with van der Waals surface area (Å²) in [7, 11) is -2.58. The third kappa shape index (κ3) is 3.84. The molecular formula is C14H16ClF3N2O3S. The van der Waals surface area contributed by atoms with Crippen molar-refractivity contribution in [2.45, 2.75) is 23.9 Å². The summed E-state index contributed by atoms with van der Waals surface area (Å²) in [6.07, 6.45) is -4.11. The second-order valence-electron chi connectivity index (χ2n) is 5.43. The van der Waals surface area contributed by atoms with Crippen LogP contribution in [0.2, 0.25) is 5.02 Å². The molecule has 0 bridgehead atoms. The summed E-state index contributed by atoms with van der Waals surface area (Å²) in [6, 6.07) is 2.52. The molecule has 0 aliphatic carbocycles. The highest BCUT2D eigenvalue weighted by Crippen LogP contribution is 2.36. The Balaban J connectivity index is 2.25. The van der Waals surface area contributed by atoms with Crippen LogP contribution in [-0.2, 0) is 21.0 Å². The highest BCUT2D eigenvalue weighted by atomic mass is 35.5. The maximum atomic E-state index is 12.9. The average Bonchev–Trinajstić information content (AvgIpc) is 2.53. The van der Waals surface area contributed by atoms with E-state index in [1.165, 1.54) is 7.05 Å². The van der Waals surface area contributed by atoms with E-state index in [-0.39, 0.29) is 24.9 Å². The molecule has 0 saturated carbocycles. The first kappa shape index (κ1) is 19.0. The van der Waals surface area contributed by atoms with Crippen LogP contribution in [0.3, 0.4) is 0 Å². The van der Waals surface area contributed by atoms with Crippen molar-refractivity contribution < 1.29 is 26.4 Å². The molecule has 0 aromatic heterocycles. The number of amides is 1. The zero-order chi connectivity index (χ0) is 18.1. The van der Waals surface area contributed by atoms with E-state index >= 15 is 0 Å². The number of hydrogen-bond acceptors (Lipinski definition) is 3. The summed E-state index contributed by atoms with van der Waals surface area (Å²) < 4.78 is 64.9. The molecule has 2 rings (SSSR count). The van der Waals surface area contributed by atoms with Gasteiger partial charge in [0.2, 0.25) is 15.9 Å². The van der Waals surface area contributed by atoms with Gasteiger partial charge in [0.15, 0.2) is 0 Å². The number of sulfonamides is 1. The number of nitrogens with zero attached hydrogens (tertiary/aromatic N) is 1. The Morgan fingerprint density at radius 2 is 1.88 bits per heavy atom. The molecule has 0 radical (unpaired) electrons. The quantitative estimate of drug-likeness (QED) is 0.870. The van der Waals surface area contributed by atoms with Crippen LogP contribution in [0.5, 0.6) is 0 Å². The number of hydrogen-bond donors (Lipinski definition) is 1. The van der Waals surface area contributed by atoms with Gasteiger partial charge in [-0.2, -0.15) is 17.5 Å². The van der Waals surface area contributed by atoms with Gasteiger partial charge in [0.1, 0.15) is 0 Å². The lowest BCUT2D eigenvalue weighted by molar-refractivity contribution is -0.137. The van der Waals surface area contributed by atoms with Crippen molar-refractivity contribution in [1.29, 1.82) is 0 Å². The van der Waals surface area contributed by atoms with Gasteiger partial charge >= 0.3 is 6.18 Å². The SMILES string of the molecule is CNC(=O)C1CCN(S(=O)(=O)c2ccc(Cl)c(C(F)(F)F)c2)CC1. The van der Waals surface area contributed by atoms with E-state index in [0.717, 1.165) is 16.4 Å². The van der Waals surface area contributed by atoms with Crippen LogP contribution in [0.25, 0.3) is 0 Å². The predicted molar refractivity (Wildman–Crippen MR) is 82.0 cm³/mol. The third-order valence-corrected chi connectivity index (χ3v) is 6.18. The van der Waals surface area contributed by atoms with Gasteiger partial charge < -0.3 is 5.32 Å². The Labute approximate surface area is 142 Å². The fourth-order valence-corrected chi connectivity index (χ4v) is 4.31. The molecule has 1 aromatic rings. The van der Waals surface area contributed by atoms with Crippen molar-refractivity contribution in [2.75, 3.05) is 20.1 Å². The molecule has 0 unspecified atom stereocenters. The predicted octanol–water partition coefficient (Wildman–Crippen LogP) is 2.51. The monoisotopic (exact) mass is 384 g/mol. The molecule has 24 heavy (non-hydrogen) atoms. The largest absolute Gasteiger partial charge is 0.417 e. The molecule has 1 aliphatic heterocycles. The van der Waals surface area contributed by atoms with Gasteiger partial charge in [0, 0.05) is 26.1 Å². The number of alkyl halides is 3. The number of carbonyl (C=O) groups is 1. The van der Waals surface area contributed by atoms with Crippen LogP contribution in [0.4, 0.5) is 13.2 Å². The Hall–Kier alpha value is -1.32. The number of piperidine rings is 1. The first-order valence-corrected chi connectivity index (χ1v) is 8.97. The fourth-order valence-electron chi connectivity index (χ4n) is 2.59. The van der Waals surface area contributed by atoms with Crippen molar-refractivity contribution in [3.63, 3.8) is 0 Å². The molecule has 1 N–H and O–H groups in total. The van der Waals surface area contributed by atoms with Crippen molar-refractivity contribution in [3.8, 4) is 0 Å². The molecule has 1 heterocycles. The zero-order valence-electron chi connectivity index (χ0n) is 12.7. The lowest BCUT2D eigenvalue weighted by atomic mass is 9.97. The molecule has 5 nitrogen and oxygen atoms in total. The van der Waals surface area contributed by atoms with Gasteiger partial charge in [0.05, 0.1) is 15.5 Å². The maximum absolute atomic E-state index is 12.9. The van der Waals surface area contributed by atoms with Crippen LogP contribution >= 0.6 is 11.6 Å². The number of rotatable bonds is 3. The van der Waals surface area contributed by atoms with Gasteiger partial charge in [-0.25, -0.2) is 8.42 Å². The van der Waals surface area contributed by atoms with E-state index in [4.69, 9.17) is 11.6 Å². The molecule has 1 aromatic carbocycles. The first-order chi connectivity index (χ1) is 11.1. The summed E-state index contributed by atoms with van der Waals surface area (Å²) in [5, 5.41) is 1.95. The van der Waals surface area contributed by atoms with Crippen LogP contribution in [0, 0.1) is 5.92 Å². The van der Waals surface area contributed by atoms with E-state index in [2.05, 4.69) is 5.32 Å². The Bertz CT molecular complexity index is 729. The Kier molecular flexibility index (Phi) is 5.46. The van der Waals surface area contributed by atoms with E-state index in [1.807, 2.05) is 0 Å². The number of carbonyl (C=O) groups excluding carboxylic acids is 1. The molecule has 1 saturated heterocycles. The summed E-state index contributed by atoms with van der Waals surface area (Å²) in [4.78, 5) is 11.1. The molecule has 0 spiro atoms. The summed E-state index contributed by atoms with van der Waals surface area (Å²) in [5.41, 5.74) is -1.19. The second kappa shape index (κ2) is 6.89. The minimum Gasteiger partial charge on any atom is -0.359 e. The van der Waals surface area contributed by atoms with Crippen LogP contribution in [0.1, 0.15) is 18.4 Å². The first-order valence-electron chi connectivity index (χ1n) is 7.16. The average molecular weight is 385 g/mol. The topological polar surface area (TPSA) is 66.5 Å². The Morgan fingerprint density at radius 1 is 1.29 bits per heavy atom. The minimum absolute atomic E-state index is 0.0738. The molecule has 134 valence electrons. The maximum Gasteiger partial charge on any atom is 0.417 e. The highest BCUT2D eigenvalue weighted by molar-refractivity contribution is 7.89. The van der Waals surface area contributed by atoms with Crippen LogP contribution in [-0.4, -0.2) is 38.8 Å². The Morgan fingerprint density at radius 3 is 2.38 bits per heavy atom. The van der Waals surface area contributed by atoms with Crippen molar-refractivity contribution in [2.24, 2.45) is 5.92 Å². The van der Waals surface area contributed by atoms with Gasteiger partial charge in [0.25, 0.3) is 0 Å². The van der Waals surface area contributed by atoms with E-state index in [0.29, 0.717) is 18.9 Å². The lowest BCUT2D eigenvalue weighted by Gasteiger charge is -2.30.